The van der Waals surface area contributed by atoms with Crippen molar-refractivity contribution in [1.29, 1.82) is 0 Å². The normalized spacial score (nSPS) is 29.7. The molecular formula is C16H32N2. The van der Waals surface area contributed by atoms with E-state index in [1.54, 1.807) is 0 Å². The van der Waals surface area contributed by atoms with Crippen LogP contribution < -0.4 is 5.32 Å². The molecular weight excluding hydrogens is 220 g/mol. The smallest absolute Gasteiger partial charge is 0.00389 e. The van der Waals surface area contributed by atoms with Gasteiger partial charge in [0.1, 0.15) is 0 Å². The number of nitrogens with zero attached hydrogens (tertiary/aromatic N) is 1. The highest BCUT2D eigenvalue weighted by molar-refractivity contribution is 4.90. The topological polar surface area (TPSA) is 15.3 Å². The van der Waals surface area contributed by atoms with Crippen LogP contribution in [0.15, 0.2) is 0 Å². The number of rotatable bonds is 3. The van der Waals surface area contributed by atoms with Crippen molar-refractivity contribution in [2.75, 3.05) is 32.7 Å². The number of hydrogen-bond donors (Lipinski definition) is 1. The van der Waals surface area contributed by atoms with Crippen LogP contribution in [0.4, 0.5) is 0 Å². The van der Waals surface area contributed by atoms with E-state index in [0.717, 1.165) is 5.92 Å². The summed E-state index contributed by atoms with van der Waals surface area (Å²) in [6.45, 7) is 16.1. The summed E-state index contributed by atoms with van der Waals surface area (Å²) >= 11 is 0. The lowest BCUT2D eigenvalue weighted by atomic mass is 9.76. The molecule has 2 rings (SSSR count). The van der Waals surface area contributed by atoms with Gasteiger partial charge in [-0.1, -0.05) is 27.7 Å². The highest BCUT2D eigenvalue weighted by atomic mass is 15.2. The van der Waals surface area contributed by atoms with E-state index in [4.69, 9.17) is 0 Å². The Morgan fingerprint density at radius 3 is 2.39 bits per heavy atom. The summed E-state index contributed by atoms with van der Waals surface area (Å²) in [5.41, 5.74) is 1.10. The fourth-order valence-electron chi connectivity index (χ4n) is 3.74. The molecule has 2 aliphatic heterocycles. The summed E-state index contributed by atoms with van der Waals surface area (Å²) < 4.78 is 0. The third-order valence-corrected chi connectivity index (χ3v) is 5.47. The molecule has 106 valence electrons. The third kappa shape index (κ3) is 3.27. The van der Waals surface area contributed by atoms with Crippen LogP contribution in [0.1, 0.15) is 53.4 Å². The lowest BCUT2D eigenvalue weighted by molar-refractivity contribution is 0.113. The summed E-state index contributed by atoms with van der Waals surface area (Å²) in [5.74, 6) is 0.896. The van der Waals surface area contributed by atoms with Crippen molar-refractivity contribution < 1.29 is 0 Å². The summed E-state index contributed by atoms with van der Waals surface area (Å²) in [6.07, 6.45) is 5.51. The Kier molecular flexibility index (Phi) is 4.38. The van der Waals surface area contributed by atoms with E-state index in [-0.39, 0.29) is 0 Å². The summed E-state index contributed by atoms with van der Waals surface area (Å²) in [5, 5.41) is 3.51. The van der Waals surface area contributed by atoms with E-state index in [9.17, 15) is 0 Å². The molecule has 2 heterocycles. The maximum atomic E-state index is 3.51. The lowest BCUT2D eigenvalue weighted by Crippen LogP contribution is -2.44. The first-order valence-corrected chi connectivity index (χ1v) is 7.88. The molecule has 1 unspecified atom stereocenters. The molecule has 2 aliphatic rings. The summed E-state index contributed by atoms with van der Waals surface area (Å²) in [6, 6.07) is 0. The van der Waals surface area contributed by atoms with Gasteiger partial charge in [0, 0.05) is 13.1 Å². The molecule has 0 saturated carbocycles. The minimum absolute atomic E-state index is 0.488. The van der Waals surface area contributed by atoms with E-state index in [1.165, 1.54) is 58.4 Å². The maximum Gasteiger partial charge on any atom is 0.00389 e. The van der Waals surface area contributed by atoms with Gasteiger partial charge in [0.15, 0.2) is 0 Å². The van der Waals surface area contributed by atoms with Gasteiger partial charge in [-0.2, -0.15) is 0 Å². The van der Waals surface area contributed by atoms with Crippen molar-refractivity contribution >= 4 is 0 Å². The predicted octanol–water partition coefficient (Wildman–Crippen LogP) is 3.13. The number of piperidine rings is 1. The molecule has 18 heavy (non-hydrogen) atoms. The van der Waals surface area contributed by atoms with E-state index in [2.05, 4.69) is 37.9 Å². The van der Waals surface area contributed by atoms with Crippen molar-refractivity contribution in [2.45, 2.75) is 53.4 Å². The molecule has 0 aliphatic carbocycles. The van der Waals surface area contributed by atoms with Crippen LogP contribution in [0, 0.1) is 16.7 Å². The highest BCUT2D eigenvalue weighted by Gasteiger charge is 2.37. The molecule has 2 heteroatoms. The van der Waals surface area contributed by atoms with Crippen LogP contribution in [0.2, 0.25) is 0 Å². The minimum atomic E-state index is 0.488. The zero-order valence-corrected chi connectivity index (χ0v) is 12.9. The van der Waals surface area contributed by atoms with Crippen molar-refractivity contribution in [3.63, 3.8) is 0 Å². The molecule has 0 bridgehead atoms. The second kappa shape index (κ2) is 5.50. The van der Waals surface area contributed by atoms with Gasteiger partial charge in [-0.05, 0) is 62.1 Å². The molecule has 0 aromatic rings. The van der Waals surface area contributed by atoms with E-state index in [0.29, 0.717) is 10.8 Å². The SMILES string of the molecule is CCC1(CN2CCC(C(C)(C)C)C2)CCNCC1. The van der Waals surface area contributed by atoms with Crippen LogP contribution in [-0.4, -0.2) is 37.6 Å². The first kappa shape index (κ1) is 14.3. The molecule has 2 fully saturated rings. The molecule has 0 aromatic heterocycles. The van der Waals surface area contributed by atoms with Gasteiger partial charge in [0.25, 0.3) is 0 Å². The van der Waals surface area contributed by atoms with Gasteiger partial charge >= 0.3 is 0 Å². The number of likely N-dealkylation sites (tertiary alicyclic amines) is 1. The van der Waals surface area contributed by atoms with Crippen LogP contribution in [-0.2, 0) is 0 Å². The third-order valence-electron chi connectivity index (χ3n) is 5.47. The second-order valence-electron chi connectivity index (χ2n) is 7.69. The first-order valence-electron chi connectivity index (χ1n) is 7.88. The largest absolute Gasteiger partial charge is 0.317 e. The molecule has 2 nitrogen and oxygen atoms in total. The molecule has 0 radical (unpaired) electrons. The van der Waals surface area contributed by atoms with Crippen molar-refractivity contribution in [1.82, 2.24) is 10.2 Å². The molecule has 0 aromatic carbocycles. The highest BCUT2D eigenvalue weighted by Crippen LogP contribution is 2.38. The molecule has 1 atom stereocenters. The van der Waals surface area contributed by atoms with Gasteiger partial charge in [0.2, 0.25) is 0 Å². The Labute approximate surface area is 114 Å². The average Bonchev–Trinajstić information content (AvgIpc) is 2.78. The maximum absolute atomic E-state index is 3.51. The number of nitrogens with one attached hydrogen (secondary N) is 1. The lowest BCUT2D eigenvalue weighted by Gasteiger charge is -2.40. The molecule has 0 spiro atoms. The summed E-state index contributed by atoms with van der Waals surface area (Å²) in [7, 11) is 0. The van der Waals surface area contributed by atoms with Crippen molar-refractivity contribution in [3.8, 4) is 0 Å². The standard InChI is InChI=1S/C16H32N2/c1-5-16(7-9-17-10-8-16)13-18-11-6-14(12-18)15(2,3)4/h14,17H,5-13H2,1-4H3. The fourth-order valence-corrected chi connectivity index (χ4v) is 3.74. The Hall–Kier alpha value is -0.0800. The van der Waals surface area contributed by atoms with Gasteiger partial charge in [0.05, 0.1) is 0 Å². The Morgan fingerprint density at radius 1 is 1.22 bits per heavy atom. The monoisotopic (exact) mass is 252 g/mol. The van der Waals surface area contributed by atoms with Crippen LogP contribution in [0.25, 0.3) is 0 Å². The number of hydrogen-bond acceptors (Lipinski definition) is 2. The van der Waals surface area contributed by atoms with Crippen LogP contribution in [0.5, 0.6) is 0 Å². The predicted molar refractivity (Wildman–Crippen MR) is 78.8 cm³/mol. The fraction of sp³-hybridized carbons (Fsp3) is 1.00. The van der Waals surface area contributed by atoms with Gasteiger partial charge < -0.3 is 10.2 Å². The summed E-state index contributed by atoms with van der Waals surface area (Å²) in [4.78, 5) is 2.75. The van der Waals surface area contributed by atoms with Crippen molar-refractivity contribution in [3.05, 3.63) is 0 Å². The minimum Gasteiger partial charge on any atom is -0.317 e. The zero-order valence-electron chi connectivity index (χ0n) is 12.9. The molecule has 1 N–H and O–H groups in total. The zero-order chi connectivity index (χ0) is 13.2. The van der Waals surface area contributed by atoms with Crippen molar-refractivity contribution in [2.24, 2.45) is 16.7 Å². The van der Waals surface area contributed by atoms with E-state index in [1.807, 2.05) is 0 Å². The second-order valence-corrected chi connectivity index (χ2v) is 7.69. The van der Waals surface area contributed by atoms with Gasteiger partial charge in [-0.15, -0.1) is 0 Å². The van der Waals surface area contributed by atoms with E-state index < -0.39 is 0 Å². The van der Waals surface area contributed by atoms with E-state index >= 15 is 0 Å². The van der Waals surface area contributed by atoms with Crippen LogP contribution >= 0.6 is 0 Å². The van der Waals surface area contributed by atoms with Gasteiger partial charge in [-0.3, -0.25) is 0 Å². The Morgan fingerprint density at radius 2 is 1.89 bits per heavy atom. The Bertz CT molecular complexity index is 261. The first-order chi connectivity index (χ1) is 8.45. The van der Waals surface area contributed by atoms with Crippen LogP contribution in [0.3, 0.4) is 0 Å². The Balaban J connectivity index is 1.90. The molecule has 2 saturated heterocycles. The molecule has 0 amide bonds. The quantitative estimate of drug-likeness (QED) is 0.830. The van der Waals surface area contributed by atoms with Gasteiger partial charge in [-0.25, -0.2) is 0 Å². The average molecular weight is 252 g/mol.